The van der Waals surface area contributed by atoms with Crippen LogP contribution in [0, 0.1) is 36.0 Å². The third kappa shape index (κ3) is 1.18. The van der Waals surface area contributed by atoms with Crippen molar-refractivity contribution in [3.8, 4) is 0 Å². The smallest absolute Gasteiger partial charge is 0.0137 e. The normalized spacial score (nSPS) is 52.5. The van der Waals surface area contributed by atoms with Crippen LogP contribution < -0.4 is 0 Å². The van der Waals surface area contributed by atoms with Crippen molar-refractivity contribution in [2.75, 3.05) is 0 Å². The standard InChI is InChI=1S/C13H19/c1-2-3-13-11-5-9-4-10(7-11)8-12(13)6-9/h2-3,9-13H,1,4-8H2/i11+2. The molecule has 4 fully saturated rings. The maximum atomic E-state index is 3.86. The highest BCUT2D eigenvalue weighted by Crippen LogP contribution is 2.57. The van der Waals surface area contributed by atoms with Crippen molar-refractivity contribution in [3.05, 3.63) is 19.1 Å². The first-order valence-corrected chi connectivity index (χ1v) is 5.82. The molecule has 4 bridgehead atoms. The van der Waals surface area contributed by atoms with Gasteiger partial charge >= 0.3 is 0 Å². The molecule has 0 saturated heterocycles. The molecular formula is C13H19. The summed E-state index contributed by atoms with van der Waals surface area (Å²) in [5.41, 5.74) is 0. The monoisotopic (exact) mass is 177 g/mol. The Morgan fingerprint density at radius 2 is 1.77 bits per heavy atom. The molecule has 3 atom stereocenters. The first-order valence-electron chi connectivity index (χ1n) is 5.82. The van der Waals surface area contributed by atoms with Gasteiger partial charge < -0.3 is 0 Å². The summed E-state index contributed by atoms with van der Waals surface area (Å²) < 4.78 is 0. The summed E-state index contributed by atoms with van der Waals surface area (Å²) in [6.45, 7) is 3.86. The average molecular weight is 177 g/mol. The summed E-state index contributed by atoms with van der Waals surface area (Å²) in [5, 5.41) is 0. The fourth-order valence-electron chi connectivity index (χ4n) is 4.44. The van der Waals surface area contributed by atoms with Crippen LogP contribution in [0.1, 0.15) is 32.1 Å². The van der Waals surface area contributed by atoms with E-state index in [9.17, 15) is 0 Å². The van der Waals surface area contributed by atoms with E-state index in [1.54, 1.807) is 6.42 Å². The van der Waals surface area contributed by atoms with E-state index in [0.717, 1.165) is 29.6 Å². The van der Waals surface area contributed by atoms with Crippen LogP contribution in [-0.2, 0) is 0 Å². The Kier molecular flexibility index (Phi) is 1.78. The fraction of sp³-hybridized carbons (Fsp3) is 0.769. The second kappa shape index (κ2) is 2.87. The van der Waals surface area contributed by atoms with Gasteiger partial charge in [-0.1, -0.05) is 6.08 Å². The maximum absolute atomic E-state index is 3.86. The predicted molar refractivity (Wildman–Crippen MR) is 55.0 cm³/mol. The number of allylic oxidation sites excluding steroid dienone is 1. The van der Waals surface area contributed by atoms with Gasteiger partial charge in [-0.05, 0) is 68.1 Å². The third-order valence-electron chi connectivity index (χ3n) is 4.66. The summed E-state index contributed by atoms with van der Waals surface area (Å²) >= 11 is 0. The van der Waals surface area contributed by atoms with Crippen molar-refractivity contribution in [1.82, 2.24) is 0 Å². The zero-order valence-corrected chi connectivity index (χ0v) is 8.28. The summed E-state index contributed by atoms with van der Waals surface area (Å²) in [6, 6.07) is 0. The Hall–Kier alpha value is -0.260. The first-order chi connectivity index (χ1) is 6.36. The second-order valence-corrected chi connectivity index (χ2v) is 5.44. The molecule has 1 radical (unpaired) electrons. The Morgan fingerprint density at radius 1 is 1.08 bits per heavy atom. The SMILES string of the molecule is C=C[CH]C1C2CC3CC(C2)C[14CH]1C3. The third-order valence-corrected chi connectivity index (χ3v) is 4.66. The van der Waals surface area contributed by atoms with E-state index < -0.39 is 0 Å². The van der Waals surface area contributed by atoms with E-state index in [1.165, 1.54) is 25.7 Å². The molecule has 13 heavy (non-hydrogen) atoms. The highest BCUT2D eigenvalue weighted by molar-refractivity contribution is 5.06. The van der Waals surface area contributed by atoms with Crippen molar-refractivity contribution in [1.29, 1.82) is 0 Å². The van der Waals surface area contributed by atoms with Crippen molar-refractivity contribution in [2.24, 2.45) is 29.6 Å². The molecule has 0 aromatic rings. The molecule has 71 valence electrons. The minimum Gasteiger partial charge on any atom is -0.103 e. The van der Waals surface area contributed by atoms with Crippen molar-refractivity contribution in [3.63, 3.8) is 0 Å². The lowest BCUT2D eigenvalue weighted by molar-refractivity contribution is -0.0209. The van der Waals surface area contributed by atoms with E-state index in [0.29, 0.717) is 0 Å². The molecule has 0 spiro atoms. The summed E-state index contributed by atoms with van der Waals surface area (Å²) in [5.74, 6) is 5.20. The van der Waals surface area contributed by atoms with E-state index in [2.05, 4.69) is 13.0 Å². The average Bonchev–Trinajstić information content (AvgIpc) is 2.10. The van der Waals surface area contributed by atoms with E-state index >= 15 is 0 Å². The number of hydrogen-bond acceptors (Lipinski definition) is 0. The van der Waals surface area contributed by atoms with E-state index in [1.807, 2.05) is 6.08 Å². The Morgan fingerprint density at radius 3 is 2.31 bits per heavy atom. The minimum absolute atomic E-state index is 0.908. The van der Waals surface area contributed by atoms with Gasteiger partial charge in [0.05, 0.1) is 0 Å². The van der Waals surface area contributed by atoms with Crippen molar-refractivity contribution < 1.29 is 0 Å². The lowest BCUT2D eigenvalue weighted by Crippen LogP contribution is -2.44. The predicted octanol–water partition coefficient (Wildman–Crippen LogP) is 3.45. The van der Waals surface area contributed by atoms with Gasteiger partial charge in [-0.3, -0.25) is 0 Å². The molecule has 0 nitrogen and oxygen atoms in total. The molecule has 3 unspecified atom stereocenters. The van der Waals surface area contributed by atoms with Crippen LogP contribution in [-0.4, -0.2) is 0 Å². The zero-order valence-electron chi connectivity index (χ0n) is 8.28. The van der Waals surface area contributed by atoms with Gasteiger partial charge in [0, 0.05) is 0 Å². The second-order valence-electron chi connectivity index (χ2n) is 5.44. The lowest BCUT2D eigenvalue weighted by atomic mass is 9.64. The number of rotatable bonds is 2. The molecule has 0 amide bonds. The van der Waals surface area contributed by atoms with Crippen LogP contribution in [0.3, 0.4) is 0 Å². The molecule has 0 aliphatic heterocycles. The number of hydrogen-bond donors (Lipinski definition) is 0. The highest BCUT2D eigenvalue weighted by Gasteiger charge is 2.47. The Labute approximate surface area is 81.4 Å². The van der Waals surface area contributed by atoms with Gasteiger partial charge in [0.2, 0.25) is 0 Å². The van der Waals surface area contributed by atoms with Gasteiger partial charge in [-0.25, -0.2) is 0 Å². The van der Waals surface area contributed by atoms with Crippen molar-refractivity contribution >= 4 is 0 Å². The van der Waals surface area contributed by atoms with E-state index in [4.69, 9.17) is 0 Å². The summed E-state index contributed by atoms with van der Waals surface area (Å²) in [4.78, 5) is 0. The zero-order chi connectivity index (χ0) is 8.84. The largest absolute Gasteiger partial charge is 0.103 e. The van der Waals surface area contributed by atoms with Crippen molar-refractivity contribution in [2.45, 2.75) is 32.1 Å². The molecule has 4 saturated carbocycles. The van der Waals surface area contributed by atoms with Gasteiger partial charge in [-0.2, -0.15) is 0 Å². The van der Waals surface area contributed by atoms with Gasteiger partial charge in [0.25, 0.3) is 0 Å². The van der Waals surface area contributed by atoms with Crippen LogP contribution in [0.25, 0.3) is 0 Å². The van der Waals surface area contributed by atoms with Crippen LogP contribution in [0.4, 0.5) is 0 Å². The highest BCUT2D eigenvalue weighted by atomic mass is 15.2. The van der Waals surface area contributed by atoms with Crippen LogP contribution in [0.5, 0.6) is 0 Å². The van der Waals surface area contributed by atoms with Crippen LogP contribution in [0.15, 0.2) is 12.7 Å². The van der Waals surface area contributed by atoms with Crippen LogP contribution >= 0.6 is 0 Å². The van der Waals surface area contributed by atoms with Gasteiger partial charge in [0.15, 0.2) is 0 Å². The summed E-state index contributed by atoms with van der Waals surface area (Å²) in [7, 11) is 0. The van der Waals surface area contributed by atoms with E-state index in [-0.39, 0.29) is 0 Å². The Bertz CT molecular complexity index is 188. The first kappa shape index (κ1) is 8.08. The molecule has 4 aliphatic rings. The Balaban J connectivity index is 1.81. The molecule has 0 heterocycles. The fourth-order valence-corrected chi connectivity index (χ4v) is 4.44. The van der Waals surface area contributed by atoms with Gasteiger partial charge in [-0.15, -0.1) is 6.58 Å². The topological polar surface area (TPSA) is 0 Å². The molecule has 0 heteroatoms. The molecule has 4 rings (SSSR count). The molecular weight excluding hydrogens is 158 g/mol. The van der Waals surface area contributed by atoms with Crippen LogP contribution in [0.2, 0.25) is 0 Å². The molecule has 0 aromatic heterocycles. The molecule has 0 aromatic carbocycles. The summed E-state index contributed by atoms with van der Waals surface area (Å²) in [6.07, 6.45) is 12.1. The quantitative estimate of drug-likeness (QED) is 0.606. The molecule has 4 aliphatic carbocycles. The molecule has 0 N–H and O–H groups in total. The maximum Gasteiger partial charge on any atom is -0.0137 e. The minimum atomic E-state index is 0.908. The van der Waals surface area contributed by atoms with Gasteiger partial charge in [0.1, 0.15) is 0 Å². The lowest BCUT2D eigenvalue weighted by Gasteiger charge is -2.54.